The van der Waals surface area contributed by atoms with Crippen molar-refractivity contribution in [2.75, 3.05) is 5.32 Å². The minimum atomic E-state index is -0.432. The molecule has 0 spiro atoms. The van der Waals surface area contributed by atoms with Crippen LogP contribution in [0.1, 0.15) is 18.5 Å². The molecule has 2 aromatic rings. The van der Waals surface area contributed by atoms with Gasteiger partial charge in [0.15, 0.2) is 0 Å². The van der Waals surface area contributed by atoms with Crippen LogP contribution in [0.15, 0.2) is 36.4 Å². The van der Waals surface area contributed by atoms with E-state index >= 15 is 0 Å². The molecule has 0 aliphatic carbocycles. The summed E-state index contributed by atoms with van der Waals surface area (Å²) in [5, 5.41) is 15.2. The van der Waals surface area contributed by atoms with Crippen LogP contribution in [-0.2, 0) is 0 Å². The van der Waals surface area contributed by atoms with Crippen LogP contribution in [0, 0.1) is 10.1 Å². The lowest BCUT2D eigenvalue weighted by atomic mass is 10.1. The number of nitrogens with zero attached hydrogens (tertiary/aromatic N) is 1. The van der Waals surface area contributed by atoms with Crippen LogP contribution in [0.25, 0.3) is 0 Å². The monoisotopic (exact) mass is 344 g/mol. The molecule has 0 aliphatic rings. The van der Waals surface area contributed by atoms with Gasteiger partial charge in [0, 0.05) is 23.2 Å². The zero-order valence-electron chi connectivity index (χ0n) is 10.9. The molecule has 0 radical (unpaired) electrons. The first kappa shape index (κ1) is 15.9. The number of non-ortho nitro benzene ring substituents is 1. The van der Waals surface area contributed by atoms with Crippen molar-refractivity contribution in [2.45, 2.75) is 13.0 Å². The molecule has 0 bridgehead atoms. The highest BCUT2D eigenvalue weighted by Crippen LogP contribution is 2.36. The fourth-order valence-corrected chi connectivity index (χ4v) is 2.81. The summed E-state index contributed by atoms with van der Waals surface area (Å²) < 4.78 is 0. The van der Waals surface area contributed by atoms with Crippen molar-refractivity contribution in [1.82, 2.24) is 0 Å². The summed E-state index contributed by atoms with van der Waals surface area (Å²) in [6.07, 6.45) is 0. The second-order valence-electron chi connectivity index (χ2n) is 4.46. The van der Waals surface area contributed by atoms with Crippen molar-refractivity contribution >= 4 is 46.2 Å². The smallest absolute Gasteiger partial charge is 0.269 e. The highest BCUT2D eigenvalue weighted by Gasteiger charge is 2.14. The number of nitrogens with one attached hydrogen (secondary N) is 1. The van der Waals surface area contributed by atoms with Crippen LogP contribution >= 0.6 is 34.8 Å². The largest absolute Gasteiger partial charge is 0.376 e. The van der Waals surface area contributed by atoms with E-state index in [-0.39, 0.29) is 11.7 Å². The minimum Gasteiger partial charge on any atom is -0.376 e. The third-order valence-corrected chi connectivity index (χ3v) is 3.76. The fourth-order valence-electron chi connectivity index (χ4n) is 1.89. The zero-order valence-corrected chi connectivity index (χ0v) is 13.2. The highest BCUT2D eigenvalue weighted by molar-refractivity contribution is 6.41. The van der Waals surface area contributed by atoms with Crippen LogP contribution in [-0.4, -0.2) is 4.92 Å². The van der Waals surface area contributed by atoms with Gasteiger partial charge in [0.25, 0.3) is 5.69 Å². The average molecular weight is 346 g/mol. The molecule has 0 fully saturated rings. The lowest BCUT2D eigenvalue weighted by molar-refractivity contribution is -0.384. The lowest BCUT2D eigenvalue weighted by Gasteiger charge is -2.18. The van der Waals surface area contributed by atoms with Crippen LogP contribution in [0.5, 0.6) is 0 Å². The molecule has 110 valence electrons. The average Bonchev–Trinajstić information content (AvgIpc) is 2.42. The molecular weight excluding hydrogens is 335 g/mol. The molecule has 0 aromatic heterocycles. The van der Waals surface area contributed by atoms with Gasteiger partial charge in [-0.25, -0.2) is 0 Å². The van der Waals surface area contributed by atoms with Crippen molar-refractivity contribution in [2.24, 2.45) is 0 Å². The van der Waals surface area contributed by atoms with E-state index in [0.717, 1.165) is 5.56 Å². The number of anilines is 1. The Labute approximate surface area is 136 Å². The fraction of sp³-hybridized carbons (Fsp3) is 0.143. The van der Waals surface area contributed by atoms with Crippen molar-refractivity contribution in [3.63, 3.8) is 0 Å². The Balaban J connectivity index is 2.28. The Hall–Kier alpha value is -1.49. The van der Waals surface area contributed by atoms with Gasteiger partial charge in [0.05, 0.1) is 20.7 Å². The third-order valence-electron chi connectivity index (χ3n) is 2.95. The number of hydrogen-bond donors (Lipinski definition) is 1. The number of halogens is 3. The quantitative estimate of drug-likeness (QED) is 0.569. The first-order valence-electron chi connectivity index (χ1n) is 6.04. The Morgan fingerprint density at radius 2 is 1.76 bits per heavy atom. The topological polar surface area (TPSA) is 55.2 Å². The molecular formula is C14H11Cl3N2O2. The molecule has 0 amide bonds. The van der Waals surface area contributed by atoms with Crippen LogP contribution in [0.3, 0.4) is 0 Å². The maximum atomic E-state index is 10.8. The summed E-state index contributed by atoms with van der Waals surface area (Å²) in [4.78, 5) is 10.4. The molecule has 0 heterocycles. The molecule has 7 heteroatoms. The summed E-state index contributed by atoms with van der Waals surface area (Å²) in [5.74, 6) is 0. The molecule has 2 aromatic carbocycles. The maximum absolute atomic E-state index is 10.8. The number of nitro groups is 1. The minimum absolute atomic E-state index is 0.0365. The van der Waals surface area contributed by atoms with Crippen LogP contribution < -0.4 is 5.32 Å². The molecule has 1 unspecified atom stereocenters. The molecule has 1 atom stereocenters. The Kier molecular flexibility index (Phi) is 4.93. The molecule has 0 saturated carbocycles. The number of nitro benzene ring substituents is 1. The van der Waals surface area contributed by atoms with Crippen molar-refractivity contribution in [3.8, 4) is 0 Å². The Morgan fingerprint density at radius 1 is 1.14 bits per heavy atom. The summed E-state index contributed by atoms with van der Waals surface area (Å²) in [6.45, 7) is 1.86. The highest BCUT2D eigenvalue weighted by atomic mass is 35.5. The van der Waals surface area contributed by atoms with Crippen LogP contribution in [0.2, 0.25) is 15.1 Å². The molecule has 2 rings (SSSR count). The second-order valence-corrected chi connectivity index (χ2v) is 5.71. The van der Waals surface area contributed by atoms with Gasteiger partial charge >= 0.3 is 0 Å². The lowest BCUT2D eigenvalue weighted by Crippen LogP contribution is -2.08. The maximum Gasteiger partial charge on any atom is 0.269 e. The van der Waals surface area contributed by atoms with Gasteiger partial charge in [-0.15, -0.1) is 0 Å². The number of benzene rings is 2. The van der Waals surface area contributed by atoms with Crippen molar-refractivity contribution in [1.29, 1.82) is 0 Å². The summed E-state index contributed by atoms with van der Waals surface area (Å²) >= 11 is 18.1. The summed E-state index contributed by atoms with van der Waals surface area (Å²) in [7, 11) is 0. The first-order valence-corrected chi connectivity index (χ1v) is 7.17. The van der Waals surface area contributed by atoms with E-state index in [1.165, 1.54) is 12.1 Å². The predicted molar refractivity (Wildman–Crippen MR) is 86.6 cm³/mol. The second kappa shape index (κ2) is 6.52. The van der Waals surface area contributed by atoms with Gasteiger partial charge in [-0.3, -0.25) is 10.1 Å². The molecule has 1 N–H and O–H groups in total. The Bertz CT molecular complexity index is 669. The van der Waals surface area contributed by atoms with E-state index in [0.29, 0.717) is 20.8 Å². The van der Waals surface area contributed by atoms with Gasteiger partial charge in [-0.05, 0) is 24.6 Å². The molecule has 4 nitrogen and oxygen atoms in total. The van der Waals surface area contributed by atoms with E-state index in [9.17, 15) is 10.1 Å². The van der Waals surface area contributed by atoms with E-state index in [1.807, 2.05) is 6.92 Å². The first-order chi connectivity index (χ1) is 9.88. The normalized spacial score (nSPS) is 12.0. The SMILES string of the molecule is CC(Nc1c(Cl)cc(Cl)cc1Cl)c1cccc([N+](=O)[O-])c1. The molecule has 21 heavy (non-hydrogen) atoms. The summed E-state index contributed by atoms with van der Waals surface area (Å²) in [5.41, 5.74) is 1.34. The molecule has 0 aliphatic heterocycles. The van der Waals surface area contributed by atoms with Crippen molar-refractivity contribution in [3.05, 3.63) is 67.1 Å². The zero-order chi connectivity index (χ0) is 15.6. The van der Waals surface area contributed by atoms with E-state index < -0.39 is 4.92 Å². The van der Waals surface area contributed by atoms with Crippen LogP contribution in [0.4, 0.5) is 11.4 Å². The van der Waals surface area contributed by atoms with Gasteiger partial charge in [0.1, 0.15) is 0 Å². The van der Waals surface area contributed by atoms with Gasteiger partial charge in [-0.2, -0.15) is 0 Å². The van der Waals surface area contributed by atoms with Gasteiger partial charge in [0.2, 0.25) is 0 Å². The van der Waals surface area contributed by atoms with Gasteiger partial charge < -0.3 is 5.32 Å². The van der Waals surface area contributed by atoms with E-state index in [1.54, 1.807) is 24.3 Å². The number of rotatable bonds is 4. The predicted octanol–water partition coefficient (Wildman–Crippen LogP) is 5.73. The Morgan fingerprint density at radius 3 is 2.33 bits per heavy atom. The standard InChI is InChI=1S/C14H11Cl3N2O2/c1-8(9-3-2-4-11(5-9)19(20)21)18-14-12(16)6-10(15)7-13(14)17/h2-8,18H,1H3. The van der Waals surface area contributed by atoms with Crippen molar-refractivity contribution < 1.29 is 4.92 Å². The van der Waals surface area contributed by atoms with E-state index in [4.69, 9.17) is 34.8 Å². The third kappa shape index (κ3) is 3.79. The van der Waals surface area contributed by atoms with Gasteiger partial charge in [-0.1, -0.05) is 46.9 Å². The number of hydrogen-bond acceptors (Lipinski definition) is 3. The molecule has 0 saturated heterocycles. The summed E-state index contributed by atoms with van der Waals surface area (Å²) in [6, 6.07) is 9.34. The van der Waals surface area contributed by atoms with E-state index in [2.05, 4.69) is 5.32 Å².